The third-order valence-corrected chi connectivity index (χ3v) is 4.76. The summed E-state index contributed by atoms with van der Waals surface area (Å²) in [4.78, 5) is 15.6. The maximum atomic E-state index is 11.9. The average Bonchev–Trinajstić information content (AvgIpc) is 2.70. The van der Waals surface area contributed by atoms with Gasteiger partial charge in [-0.05, 0) is 6.92 Å². The molecule has 1 aliphatic rings. The van der Waals surface area contributed by atoms with E-state index in [9.17, 15) is 15.0 Å². The molecule has 0 spiro atoms. The maximum absolute atomic E-state index is 11.9. The average molecular weight is 287 g/mol. The Morgan fingerprint density at radius 1 is 1.63 bits per heavy atom. The number of nitrogens with zero attached hydrogens (tertiary/aromatic N) is 2. The first-order valence-electron chi connectivity index (χ1n) is 5.82. The lowest BCUT2D eigenvalue weighted by atomic mass is 10.1. The van der Waals surface area contributed by atoms with Gasteiger partial charge in [-0.3, -0.25) is 4.57 Å². The molecule has 0 radical (unpaired) electrons. The number of anilines is 1. The van der Waals surface area contributed by atoms with Gasteiger partial charge in [-0.25, -0.2) is 4.79 Å². The zero-order valence-corrected chi connectivity index (χ0v) is 11.5. The second-order valence-corrected chi connectivity index (χ2v) is 5.80. The Morgan fingerprint density at radius 3 is 2.89 bits per heavy atom. The number of hydrogen-bond acceptors (Lipinski definition) is 7. The number of aliphatic hydroxyl groups excluding tert-OH is 2. The summed E-state index contributed by atoms with van der Waals surface area (Å²) in [6.07, 6.45) is 0.181. The molecule has 2 unspecified atom stereocenters. The van der Waals surface area contributed by atoms with E-state index in [1.807, 2.05) is 0 Å². The van der Waals surface area contributed by atoms with Crippen LogP contribution in [-0.2, 0) is 4.74 Å². The molecule has 1 aromatic heterocycles. The second kappa shape index (κ2) is 5.49. The van der Waals surface area contributed by atoms with Gasteiger partial charge in [0.2, 0.25) is 0 Å². The van der Waals surface area contributed by atoms with Crippen molar-refractivity contribution in [3.63, 3.8) is 0 Å². The number of aromatic nitrogens is 2. The largest absolute Gasteiger partial charge is 0.395 e. The summed E-state index contributed by atoms with van der Waals surface area (Å²) in [6, 6.07) is 0. The maximum Gasteiger partial charge on any atom is 0.350 e. The summed E-state index contributed by atoms with van der Waals surface area (Å²) < 4.78 is 6.64. The Bertz CT molecular complexity index is 521. The summed E-state index contributed by atoms with van der Waals surface area (Å²) in [6.45, 7) is 1.57. The summed E-state index contributed by atoms with van der Waals surface area (Å²) >= 11 is 1.29. The smallest absolute Gasteiger partial charge is 0.350 e. The molecule has 0 aromatic carbocycles. The van der Waals surface area contributed by atoms with E-state index >= 15 is 0 Å². The molecular formula is C11H17N3O4S. The highest BCUT2D eigenvalue weighted by atomic mass is 32.2. The molecule has 0 aliphatic carbocycles. The molecule has 106 valence electrons. The van der Waals surface area contributed by atoms with Crippen LogP contribution in [0.5, 0.6) is 0 Å². The van der Waals surface area contributed by atoms with Gasteiger partial charge in [-0.1, -0.05) is 0 Å². The van der Waals surface area contributed by atoms with Gasteiger partial charge in [0.25, 0.3) is 0 Å². The predicted octanol–water partition coefficient (Wildman–Crippen LogP) is -0.884. The molecular weight excluding hydrogens is 270 g/mol. The van der Waals surface area contributed by atoms with E-state index in [2.05, 4.69) is 4.98 Å². The van der Waals surface area contributed by atoms with Gasteiger partial charge in [-0.15, -0.1) is 11.8 Å². The third kappa shape index (κ3) is 2.48. The summed E-state index contributed by atoms with van der Waals surface area (Å²) in [5.41, 5.74) is 5.77. The Morgan fingerprint density at radius 2 is 2.32 bits per heavy atom. The minimum Gasteiger partial charge on any atom is -0.395 e. The highest BCUT2D eigenvalue weighted by Gasteiger charge is 2.44. The van der Waals surface area contributed by atoms with Crippen LogP contribution >= 0.6 is 11.8 Å². The van der Waals surface area contributed by atoms with Crippen molar-refractivity contribution in [3.05, 3.63) is 22.2 Å². The molecule has 0 saturated carbocycles. The fourth-order valence-corrected chi connectivity index (χ4v) is 3.58. The number of ether oxygens (including phenoxy) is 1. The predicted molar refractivity (Wildman–Crippen MR) is 72.0 cm³/mol. The molecule has 1 aromatic rings. The molecule has 2 rings (SSSR count). The van der Waals surface area contributed by atoms with Crippen LogP contribution in [0.1, 0.15) is 10.9 Å². The van der Waals surface area contributed by atoms with Crippen LogP contribution in [0.2, 0.25) is 0 Å². The third-order valence-electron chi connectivity index (χ3n) is 3.21. The number of hydrogen-bond donors (Lipinski definition) is 3. The van der Waals surface area contributed by atoms with E-state index in [1.165, 1.54) is 23.4 Å². The Labute approximate surface area is 114 Å². The van der Waals surface area contributed by atoms with Gasteiger partial charge in [0.15, 0.2) is 0 Å². The second-order valence-electron chi connectivity index (χ2n) is 4.44. The lowest BCUT2D eigenvalue weighted by Gasteiger charge is -2.21. The monoisotopic (exact) mass is 287 g/mol. The Kier molecular flexibility index (Phi) is 4.14. The van der Waals surface area contributed by atoms with E-state index in [0.717, 1.165) is 0 Å². The van der Waals surface area contributed by atoms with Crippen molar-refractivity contribution in [2.45, 2.75) is 29.8 Å². The minimum atomic E-state index is -0.838. The molecule has 1 fully saturated rings. The number of nitrogens with two attached hydrogens (primary N) is 1. The van der Waals surface area contributed by atoms with Crippen LogP contribution in [0.25, 0.3) is 0 Å². The van der Waals surface area contributed by atoms with Crippen molar-refractivity contribution in [2.24, 2.45) is 0 Å². The highest BCUT2D eigenvalue weighted by Crippen LogP contribution is 2.42. The molecule has 0 bridgehead atoms. The lowest BCUT2D eigenvalue weighted by Crippen LogP contribution is -2.37. The number of aryl methyl sites for hydroxylation is 1. The van der Waals surface area contributed by atoms with Crippen molar-refractivity contribution in [1.82, 2.24) is 9.55 Å². The van der Waals surface area contributed by atoms with Crippen molar-refractivity contribution < 1.29 is 14.9 Å². The summed E-state index contributed by atoms with van der Waals surface area (Å²) in [7, 11) is 1.46. The molecule has 19 heavy (non-hydrogen) atoms. The Hall–Kier alpha value is -1.09. The first kappa shape index (κ1) is 14.3. The summed E-state index contributed by atoms with van der Waals surface area (Å²) in [5, 5.41) is 18.4. The first-order valence-corrected chi connectivity index (χ1v) is 6.76. The van der Waals surface area contributed by atoms with Crippen molar-refractivity contribution in [1.29, 1.82) is 0 Å². The van der Waals surface area contributed by atoms with Crippen LogP contribution < -0.4 is 11.4 Å². The van der Waals surface area contributed by atoms with Gasteiger partial charge in [-0.2, -0.15) is 4.98 Å². The van der Waals surface area contributed by atoms with Crippen molar-refractivity contribution in [3.8, 4) is 0 Å². The van der Waals surface area contributed by atoms with Crippen LogP contribution in [0.15, 0.2) is 11.0 Å². The normalized spacial score (nSPS) is 30.7. The van der Waals surface area contributed by atoms with Gasteiger partial charge < -0.3 is 20.7 Å². The number of aliphatic hydroxyl groups is 2. The number of thioether (sulfide) groups is 1. The van der Waals surface area contributed by atoms with E-state index in [4.69, 9.17) is 10.5 Å². The lowest BCUT2D eigenvalue weighted by molar-refractivity contribution is -0.0189. The van der Waals surface area contributed by atoms with Gasteiger partial charge >= 0.3 is 5.69 Å². The van der Waals surface area contributed by atoms with E-state index in [0.29, 0.717) is 5.56 Å². The van der Waals surface area contributed by atoms with Crippen LogP contribution in [0.3, 0.4) is 0 Å². The number of methoxy groups -OCH3 is 1. The first-order chi connectivity index (χ1) is 8.99. The minimum absolute atomic E-state index is 0.182. The zero-order valence-electron chi connectivity index (χ0n) is 10.7. The fraction of sp³-hybridized carbons (Fsp3) is 0.636. The van der Waals surface area contributed by atoms with Crippen LogP contribution in [0.4, 0.5) is 5.82 Å². The standard InChI is InChI=1S/C11H17N3O4S/c1-5-3-14(11(17)13-9(5)12)10-8(18-2)7(16)6(4-15)19-10/h3,6-8,10,15-16H,4H2,1-2H3,(H2,12,13,17)/t6-,7?,8?,10-/m1/s1. The molecule has 4 N–H and O–H groups in total. The molecule has 8 heteroatoms. The fourth-order valence-electron chi connectivity index (χ4n) is 2.11. The van der Waals surface area contributed by atoms with Crippen LogP contribution in [0, 0.1) is 6.92 Å². The van der Waals surface area contributed by atoms with E-state index in [1.54, 1.807) is 13.1 Å². The molecule has 7 nitrogen and oxygen atoms in total. The SMILES string of the molecule is COC1C(O)[C@@H](CO)S[C@H]1n1cc(C)c(N)nc1=O. The Balaban J connectivity index is 2.41. The highest BCUT2D eigenvalue weighted by molar-refractivity contribution is 8.00. The number of nitrogen functional groups attached to an aromatic ring is 1. The van der Waals surface area contributed by atoms with Gasteiger partial charge in [0, 0.05) is 18.9 Å². The van der Waals surface area contributed by atoms with E-state index in [-0.39, 0.29) is 17.7 Å². The van der Waals surface area contributed by atoms with Crippen LogP contribution in [-0.4, -0.2) is 50.9 Å². The van der Waals surface area contributed by atoms with Crippen molar-refractivity contribution in [2.75, 3.05) is 19.5 Å². The summed E-state index contributed by atoms with van der Waals surface area (Å²) in [5.74, 6) is 0.192. The molecule has 0 amide bonds. The van der Waals surface area contributed by atoms with Gasteiger partial charge in [0.05, 0.1) is 18.0 Å². The van der Waals surface area contributed by atoms with Crippen molar-refractivity contribution >= 4 is 17.6 Å². The quantitative estimate of drug-likeness (QED) is 0.661. The van der Waals surface area contributed by atoms with E-state index < -0.39 is 23.3 Å². The molecule has 1 aliphatic heterocycles. The molecule has 4 atom stereocenters. The molecule has 2 heterocycles. The topological polar surface area (TPSA) is 111 Å². The number of rotatable bonds is 3. The van der Waals surface area contributed by atoms with Gasteiger partial charge in [0.1, 0.15) is 17.3 Å². The molecule has 1 saturated heterocycles. The zero-order chi connectivity index (χ0) is 14.2.